The number of aromatic nitrogens is 2. The van der Waals surface area contributed by atoms with E-state index in [0.29, 0.717) is 11.0 Å². The van der Waals surface area contributed by atoms with Gasteiger partial charge in [0.05, 0.1) is 11.0 Å². The minimum Gasteiger partial charge on any atom is -0.370 e. The summed E-state index contributed by atoms with van der Waals surface area (Å²) in [4.78, 5) is 16.3. The standard InChI is InChI=1S/C14H15Br2N3O/c1-2-5-17-13-4-3-10(7-18-13)8-19-9-11(15)6-12(16)14(19)20/h3-4,6-7,9H,2,5,8H2,1H3,(H,17,18). The van der Waals surface area contributed by atoms with E-state index in [9.17, 15) is 4.79 Å². The molecule has 20 heavy (non-hydrogen) atoms. The van der Waals surface area contributed by atoms with E-state index in [0.717, 1.165) is 28.8 Å². The van der Waals surface area contributed by atoms with Crippen LogP contribution in [0.5, 0.6) is 0 Å². The van der Waals surface area contributed by atoms with Gasteiger partial charge in [-0.1, -0.05) is 13.0 Å². The highest BCUT2D eigenvalue weighted by Crippen LogP contribution is 2.14. The summed E-state index contributed by atoms with van der Waals surface area (Å²) in [6.45, 7) is 3.52. The van der Waals surface area contributed by atoms with Crippen molar-refractivity contribution >= 4 is 37.7 Å². The van der Waals surface area contributed by atoms with Crippen LogP contribution in [0.25, 0.3) is 0 Å². The molecule has 0 amide bonds. The second-order valence-corrected chi connectivity index (χ2v) is 6.19. The monoisotopic (exact) mass is 399 g/mol. The number of rotatable bonds is 5. The van der Waals surface area contributed by atoms with Gasteiger partial charge in [-0.2, -0.15) is 0 Å². The minimum atomic E-state index is -0.0543. The fourth-order valence-corrected chi connectivity index (χ4v) is 3.01. The molecule has 0 aliphatic carbocycles. The summed E-state index contributed by atoms with van der Waals surface area (Å²) < 4.78 is 3.05. The first-order valence-corrected chi connectivity index (χ1v) is 7.93. The Morgan fingerprint density at radius 3 is 2.80 bits per heavy atom. The summed E-state index contributed by atoms with van der Waals surface area (Å²) in [5, 5.41) is 3.22. The van der Waals surface area contributed by atoms with Gasteiger partial charge in [0, 0.05) is 23.4 Å². The van der Waals surface area contributed by atoms with Crippen molar-refractivity contribution < 1.29 is 0 Å². The van der Waals surface area contributed by atoms with Crippen LogP contribution in [0.3, 0.4) is 0 Å². The number of hydrogen-bond acceptors (Lipinski definition) is 3. The first kappa shape index (κ1) is 15.3. The molecule has 0 saturated carbocycles. The lowest BCUT2D eigenvalue weighted by molar-refractivity contribution is 0.749. The van der Waals surface area contributed by atoms with Crippen LogP contribution < -0.4 is 10.9 Å². The van der Waals surface area contributed by atoms with E-state index in [-0.39, 0.29) is 5.56 Å². The van der Waals surface area contributed by atoms with E-state index in [1.54, 1.807) is 23.0 Å². The lowest BCUT2D eigenvalue weighted by Gasteiger charge is -2.08. The van der Waals surface area contributed by atoms with Crippen molar-refractivity contribution in [2.24, 2.45) is 0 Å². The van der Waals surface area contributed by atoms with E-state index in [1.807, 2.05) is 12.1 Å². The first-order chi connectivity index (χ1) is 9.60. The summed E-state index contributed by atoms with van der Waals surface area (Å²) in [5.41, 5.74) is 0.931. The average Bonchev–Trinajstić information content (AvgIpc) is 2.43. The van der Waals surface area contributed by atoms with E-state index in [1.165, 1.54) is 0 Å². The number of pyridine rings is 2. The zero-order valence-corrected chi connectivity index (χ0v) is 14.2. The third kappa shape index (κ3) is 3.93. The fourth-order valence-electron chi connectivity index (χ4n) is 1.75. The number of anilines is 1. The molecule has 0 atom stereocenters. The highest BCUT2D eigenvalue weighted by molar-refractivity contribution is 9.11. The predicted octanol–water partition coefficient (Wildman–Crippen LogP) is 3.64. The molecule has 2 aromatic rings. The van der Waals surface area contributed by atoms with Gasteiger partial charge in [-0.3, -0.25) is 4.79 Å². The SMILES string of the molecule is CCCNc1ccc(Cn2cc(Br)cc(Br)c2=O)cn1. The lowest BCUT2D eigenvalue weighted by atomic mass is 10.2. The Bertz CT molecular complexity index is 638. The molecule has 0 bridgehead atoms. The van der Waals surface area contributed by atoms with Gasteiger partial charge in [0.2, 0.25) is 0 Å². The highest BCUT2D eigenvalue weighted by atomic mass is 79.9. The second-order valence-electron chi connectivity index (χ2n) is 4.42. The maximum atomic E-state index is 12.0. The fraction of sp³-hybridized carbons (Fsp3) is 0.286. The van der Waals surface area contributed by atoms with Crippen LogP contribution in [0.4, 0.5) is 5.82 Å². The largest absolute Gasteiger partial charge is 0.370 e. The zero-order chi connectivity index (χ0) is 14.5. The first-order valence-electron chi connectivity index (χ1n) is 6.34. The molecule has 0 aliphatic heterocycles. The van der Waals surface area contributed by atoms with Crippen LogP contribution in [0.1, 0.15) is 18.9 Å². The Morgan fingerprint density at radius 1 is 1.35 bits per heavy atom. The van der Waals surface area contributed by atoms with Crippen LogP contribution in [0.2, 0.25) is 0 Å². The Labute approximate surface area is 134 Å². The van der Waals surface area contributed by atoms with Crippen molar-refractivity contribution in [1.29, 1.82) is 0 Å². The number of nitrogens with zero attached hydrogens (tertiary/aromatic N) is 2. The highest BCUT2D eigenvalue weighted by Gasteiger charge is 2.04. The molecule has 0 aliphatic rings. The van der Waals surface area contributed by atoms with Crippen molar-refractivity contribution in [3.63, 3.8) is 0 Å². The van der Waals surface area contributed by atoms with Gasteiger partial charge < -0.3 is 9.88 Å². The van der Waals surface area contributed by atoms with E-state index in [4.69, 9.17) is 0 Å². The van der Waals surface area contributed by atoms with Gasteiger partial charge in [0.1, 0.15) is 5.82 Å². The van der Waals surface area contributed by atoms with Gasteiger partial charge >= 0.3 is 0 Å². The molecule has 0 saturated heterocycles. The summed E-state index contributed by atoms with van der Waals surface area (Å²) in [6, 6.07) is 5.66. The zero-order valence-electron chi connectivity index (χ0n) is 11.1. The summed E-state index contributed by atoms with van der Waals surface area (Å²) in [7, 11) is 0. The molecular weight excluding hydrogens is 386 g/mol. The Morgan fingerprint density at radius 2 is 2.15 bits per heavy atom. The molecule has 0 fully saturated rings. The molecule has 0 aromatic carbocycles. The van der Waals surface area contributed by atoms with Gasteiger partial charge in [-0.15, -0.1) is 0 Å². The molecule has 6 heteroatoms. The van der Waals surface area contributed by atoms with Gasteiger partial charge in [0.15, 0.2) is 0 Å². The third-order valence-corrected chi connectivity index (χ3v) is 3.74. The molecule has 0 spiro atoms. The van der Waals surface area contributed by atoms with Crippen LogP contribution in [-0.4, -0.2) is 16.1 Å². The van der Waals surface area contributed by atoms with Gasteiger partial charge in [-0.05, 0) is 56.0 Å². The molecule has 2 aromatic heterocycles. The number of hydrogen-bond donors (Lipinski definition) is 1. The molecule has 0 radical (unpaired) electrons. The van der Waals surface area contributed by atoms with Gasteiger partial charge in [-0.25, -0.2) is 4.98 Å². The van der Waals surface area contributed by atoms with Crippen molar-refractivity contribution in [2.45, 2.75) is 19.9 Å². The minimum absolute atomic E-state index is 0.0543. The van der Waals surface area contributed by atoms with E-state index < -0.39 is 0 Å². The Hall–Kier alpha value is -1.14. The van der Waals surface area contributed by atoms with E-state index in [2.05, 4.69) is 49.1 Å². The second kappa shape index (κ2) is 7.04. The lowest BCUT2D eigenvalue weighted by Crippen LogP contribution is -2.20. The third-order valence-electron chi connectivity index (χ3n) is 2.74. The summed E-state index contributed by atoms with van der Waals surface area (Å²) in [6.07, 6.45) is 4.63. The topological polar surface area (TPSA) is 46.9 Å². The van der Waals surface area contributed by atoms with Crippen LogP contribution in [0, 0.1) is 0 Å². The molecule has 106 valence electrons. The van der Waals surface area contributed by atoms with Crippen LogP contribution in [-0.2, 0) is 6.54 Å². The van der Waals surface area contributed by atoms with Crippen molar-refractivity contribution in [3.8, 4) is 0 Å². The molecule has 0 unspecified atom stereocenters. The number of halogens is 2. The summed E-state index contributed by atoms with van der Waals surface area (Å²) in [5.74, 6) is 0.860. The van der Waals surface area contributed by atoms with Crippen LogP contribution >= 0.6 is 31.9 Å². The van der Waals surface area contributed by atoms with Crippen LogP contribution in [0.15, 0.2) is 44.3 Å². The number of nitrogens with one attached hydrogen (secondary N) is 1. The molecule has 2 rings (SSSR count). The maximum absolute atomic E-state index is 12.0. The maximum Gasteiger partial charge on any atom is 0.265 e. The quantitative estimate of drug-likeness (QED) is 0.833. The van der Waals surface area contributed by atoms with Gasteiger partial charge in [0.25, 0.3) is 5.56 Å². The van der Waals surface area contributed by atoms with Crippen molar-refractivity contribution in [2.75, 3.05) is 11.9 Å². The normalized spacial score (nSPS) is 10.6. The molecular formula is C14H15Br2N3O. The molecule has 4 nitrogen and oxygen atoms in total. The Balaban J connectivity index is 2.16. The molecule has 1 N–H and O–H groups in total. The van der Waals surface area contributed by atoms with E-state index >= 15 is 0 Å². The predicted molar refractivity (Wildman–Crippen MR) is 88.2 cm³/mol. The smallest absolute Gasteiger partial charge is 0.265 e. The van der Waals surface area contributed by atoms with Crippen molar-refractivity contribution in [1.82, 2.24) is 9.55 Å². The Kier molecular flexibility index (Phi) is 5.37. The average molecular weight is 401 g/mol. The molecule has 2 heterocycles. The van der Waals surface area contributed by atoms with Crippen molar-refractivity contribution in [3.05, 3.63) is 55.5 Å². The summed E-state index contributed by atoms with van der Waals surface area (Å²) >= 11 is 6.65.